The molecule has 1 fully saturated rings. The molecule has 4 heterocycles. The van der Waals surface area contributed by atoms with Crippen LogP contribution in [-0.2, 0) is 0 Å². The monoisotopic (exact) mass is 431 g/mol. The summed E-state index contributed by atoms with van der Waals surface area (Å²) in [5.41, 5.74) is 13.1. The topological polar surface area (TPSA) is 107 Å². The first kappa shape index (κ1) is 19.4. The number of fused-ring (bicyclic) bond motifs is 1. The SMILES string of the molecule is C[Si]1(CN)CCN(c2cnc3nc(Sc4ccnc(N)c4Cl)ccc3n2)CC1. The predicted molar refractivity (Wildman–Crippen MR) is 118 cm³/mol. The van der Waals surface area contributed by atoms with Crippen molar-refractivity contribution in [2.45, 2.75) is 28.6 Å². The van der Waals surface area contributed by atoms with E-state index in [1.165, 1.54) is 23.9 Å². The van der Waals surface area contributed by atoms with Crippen molar-refractivity contribution in [3.05, 3.63) is 35.6 Å². The van der Waals surface area contributed by atoms with Gasteiger partial charge in [-0.3, -0.25) is 0 Å². The summed E-state index contributed by atoms with van der Waals surface area (Å²) in [5.74, 6) is 1.22. The third kappa shape index (κ3) is 3.93. The molecule has 0 aliphatic carbocycles. The number of nitrogens with two attached hydrogens (primary N) is 2. The normalized spacial score (nSPS) is 16.5. The predicted octanol–water partition coefficient (Wildman–Crippen LogP) is 3.20. The highest BCUT2D eigenvalue weighted by Crippen LogP contribution is 2.35. The number of rotatable bonds is 4. The fourth-order valence-corrected chi connectivity index (χ4v) is 6.52. The lowest BCUT2D eigenvalue weighted by Crippen LogP contribution is -2.50. The van der Waals surface area contributed by atoms with Crippen molar-refractivity contribution in [2.24, 2.45) is 5.73 Å². The van der Waals surface area contributed by atoms with Gasteiger partial charge in [-0.1, -0.05) is 29.9 Å². The van der Waals surface area contributed by atoms with Gasteiger partial charge in [0.25, 0.3) is 0 Å². The zero-order valence-corrected chi connectivity index (χ0v) is 18.2. The van der Waals surface area contributed by atoms with Crippen LogP contribution in [0.15, 0.2) is 40.5 Å². The van der Waals surface area contributed by atoms with Crippen LogP contribution < -0.4 is 16.4 Å². The molecule has 0 unspecified atom stereocenters. The molecule has 0 radical (unpaired) electrons. The molecule has 4 rings (SSSR count). The fraction of sp³-hybridized carbons (Fsp3) is 0.333. The molecule has 0 spiro atoms. The maximum absolute atomic E-state index is 6.22. The van der Waals surface area contributed by atoms with Crippen molar-refractivity contribution in [1.29, 1.82) is 0 Å². The Morgan fingerprint density at radius 2 is 1.96 bits per heavy atom. The van der Waals surface area contributed by atoms with E-state index in [9.17, 15) is 0 Å². The van der Waals surface area contributed by atoms with Gasteiger partial charge in [-0.25, -0.2) is 19.9 Å². The summed E-state index contributed by atoms with van der Waals surface area (Å²) in [6.45, 7) is 4.40. The molecule has 1 aliphatic rings. The first-order valence-electron chi connectivity index (χ1n) is 9.14. The maximum Gasteiger partial charge on any atom is 0.179 e. The third-order valence-electron chi connectivity index (χ3n) is 5.25. The van der Waals surface area contributed by atoms with Crippen LogP contribution in [0.25, 0.3) is 11.2 Å². The molecule has 7 nitrogen and oxygen atoms in total. The van der Waals surface area contributed by atoms with Gasteiger partial charge in [-0.15, -0.1) is 0 Å². The van der Waals surface area contributed by atoms with Crippen LogP contribution in [0, 0.1) is 0 Å². The van der Waals surface area contributed by atoms with Crippen LogP contribution in [0.4, 0.5) is 11.6 Å². The summed E-state index contributed by atoms with van der Waals surface area (Å²) in [5, 5.41) is 1.22. The van der Waals surface area contributed by atoms with Crippen molar-refractivity contribution in [3.8, 4) is 0 Å². The van der Waals surface area contributed by atoms with E-state index >= 15 is 0 Å². The van der Waals surface area contributed by atoms with Crippen molar-refractivity contribution < 1.29 is 0 Å². The smallest absolute Gasteiger partial charge is 0.179 e. The lowest BCUT2D eigenvalue weighted by atomic mass is 10.4. The van der Waals surface area contributed by atoms with Crippen molar-refractivity contribution in [3.63, 3.8) is 0 Å². The summed E-state index contributed by atoms with van der Waals surface area (Å²) in [4.78, 5) is 21.0. The first-order chi connectivity index (χ1) is 13.5. The fourth-order valence-electron chi connectivity index (χ4n) is 3.20. The van der Waals surface area contributed by atoms with Gasteiger partial charge in [0, 0.05) is 24.2 Å². The Bertz CT molecular complexity index is 1010. The number of aromatic nitrogens is 4. The van der Waals surface area contributed by atoms with E-state index < -0.39 is 8.07 Å². The largest absolute Gasteiger partial charge is 0.382 e. The molecule has 146 valence electrons. The highest BCUT2D eigenvalue weighted by atomic mass is 35.5. The Kier molecular flexibility index (Phi) is 5.41. The van der Waals surface area contributed by atoms with Crippen LogP contribution in [-0.4, -0.2) is 47.3 Å². The number of hydrogen-bond donors (Lipinski definition) is 2. The zero-order chi connectivity index (χ0) is 19.7. The summed E-state index contributed by atoms with van der Waals surface area (Å²) in [6.07, 6.45) is 4.31. The summed E-state index contributed by atoms with van der Waals surface area (Å²) in [7, 11) is -1.24. The quantitative estimate of drug-likeness (QED) is 0.606. The van der Waals surface area contributed by atoms with E-state index in [4.69, 9.17) is 28.1 Å². The molecule has 10 heteroatoms. The molecular weight excluding hydrogens is 410 g/mol. The Labute approximate surface area is 173 Å². The molecule has 0 aromatic carbocycles. The van der Waals surface area contributed by atoms with Crippen molar-refractivity contribution in [2.75, 3.05) is 29.9 Å². The van der Waals surface area contributed by atoms with E-state index in [1.807, 2.05) is 24.4 Å². The first-order valence-corrected chi connectivity index (χ1v) is 13.5. The minimum absolute atomic E-state index is 0.312. The van der Waals surface area contributed by atoms with E-state index in [-0.39, 0.29) is 0 Å². The van der Waals surface area contributed by atoms with Crippen LogP contribution >= 0.6 is 23.4 Å². The summed E-state index contributed by atoms with van der Waals surface area (Å²) < 4.78 is 0. The van der Waals surface area contributed by atoms with Gasteiger partial charge in [0.2, 0.25) is 0 Å². The molecule has 3 aromatic heterocycles. The molecule has 0 atom stereocenters. The number of pyridine rings is 2. The molecule has 0 amide bonds. The average Bonchev–Trinajstić information content (AvgIpc) is 2.72. The summed E-state index contributed by atoms with van der Waals surface area (Å²) >= 11 is 7.65. The van der Waals surface area contributed by atoms with Crippen LogP contribution in [0.2, 0.25) is 23.7 Å². The minimum Gasteiger partial charge on any atom is -0.382 e. The van der Waals surface area contributed by atoms with Gasteiger partial charge in [0.1, 0.15) is 22.2 Å². The van der Waals surface area contributed by atoms with Gasteiger partial charge in [-0.05, 0) is 36.5 Å². The second-order valence-corrected chi connectivity index (χ2v) is 13.8. The van der Waals surface area contributed by atoms with Crippen LogP contribution in [0.3, 0.4) is 0 Å². The second kappa shape index (κ2) is 7.82. The number of nitrogens with zero attached hydrogens (tertiary/aromatic N) is 5. The number of hydrogen-bond acceptors (Lipinski definition) is 8. The minimum atomic E-state index is -1.24. The molecular formula is C18H22ClN7SSi. The van der Waals surface area contributed by atoms with E-state index in [1.54, 1.807) is 6.20 Å². The molecule has 1 aliphatic heterocycles. The Balaban J connectivity index is 1.54. The van der Waals surface area contributed by atoms with Gasteiger partial charge >= 0.3 is 0 Å². The van der Waals surface area contributed by atoms with E-state index in [0.29, 0.717) is 16.5 Å². The molecule has 3 aromatic rings. The number of nitrogen functional groups attached to an aromatic ring is 1. The lowest BCUT2D eigenvalue weighted by molar-refractivity contribution is 0.783. The standard InChI is InChI=1S/C18H22ClN7SSi/c1-28(11-20)8-6-26(7-9-28)14-10-23-18-12(24-14)2-3-15(25-18)27-13-4-5-22-17(21)16(13)19/h2-5,10H,6-9,11,20H2,1H3,(H2,21,22). The molecule has 0 bridgehead atoms. The Hall–Kier alpha value is -1.94. The van der Waals surface area contributed by atoms with E-state index in [0.717, 1.165) is 40.5 Å². The summed E-state index contributed by atoms with van der Waals surface area (Å²) in [6, 6.07) is 8.09. The second-order valence-electron chi connectivity index (χ2n) is 7.33. The van der Waals surface area contributed by atoms with E-state index in [2.05, 4.69) is 26.4 Å². The lowest BCUT2D eigenvalue weighted by Gasteiger charge is -2.37. The molecule has 0 saturated carbocycles. The molecule has 4 N–H and O–H groups in total. The molecule has 28 heavy (non-hydrogen) atoms. The zero-order valence-electron chi connectivity index (χ0n) is 15.6. The maximum atomic E-state index is 6.22. The third-order valence-corrected chi connectivity index (χ3v) is 10.6. The van der Waals surface area contributed by atoms with Gasteiger partial charge < -0.3 is 16.4 Å². The number of halogens is 1. The van der Waals surface area contributed by atoms with Gasteiger partial charge in [-0.2, -0.15) is 0 Å². The molecule has 1 saturated heterocycles. The van der Waals surface area contributed by atoms with Crippen LogP contribution in [0.5, 0.6) is 0 Å². The highest BCUT2D eigenvalue weighted by Gasteiger charge is 2.31. The average molecular weight is 432 g/mol. The Morgan fingerprint density at radius 3 is 2.71 bits per heavy atom. The van der Waals surface area contributed by atoms with Crippen molar-refractivity contribution >= 4 is 54.2 Å². The number of anilines is 2. The van der Waals surface area contributed by atoms with Crippen molar-refractivity contribution in [1.82, 2.24) is 19.9 Å². The highest BCUT2D eigenvalue weighted by molar-refractivity contribution is 7.99. The van der Waals surface area contributed by atoms with Gasteiger partial charge in [0.15, 0.2) is 5.65 Å². The van der Waals surface area contributed by atoms with Gasteiger partial charge in [0.05, 0.1) is 19.3 Å². The van der Waals surface area contributed by atoms with Crippen LogP contribution in [0.1, 0.15) is 0 Å². The Morgan fingerprint density at radius 1 is 1.18 bits per heavy atom.